The van der Waals surface area contributed by atoms with Crippen molar-refractivity contribution in [2.75, 3.05) is 5.73 Å². The third-order valence-corrected chi connectivity index (χ3v) is 4.14. The van der Waals surface area contributed by atoms with Gasteiger partial charge < -0.3 is 10.5 Å². The standard InChI is InChI=1S/C15H20BrNO2/c1-9-5-10(2)7-12(6-9)19-15(18)13-4-3-11(16)8-14(13)17/h3-4,8-10,12H,5-7,17H2,1-2H3. The van der Waals surface area contributed by atoms with Crippen LogP contribution in [0.1, 0.15) is 43.5 Å². The molecule has 104 valence electrons. The summed E-state index contributed by atoms with van der Waals surface area (Å²) in [6.07, 6.45) is 3.14. The van der Waals surface area contributed by atoms with Gasteiger partial charge in [-0.05, 0) is 49.3 Å². The monoisotopic (exact) mass is 325 g/mol. The second-order valence-corrected chi connectivity index (χ2v) is 6.59. The SMILES string of the molecule is CC1CC(C)CC(OC(=O)c2ccc(Br)cc2N)C1. The molecule has 1 aliphatic rings. The van der Waals surface area contributed by atoms with Crippen LogP contribution in [-0.4, -0.2) is 12.1 Å². The largest absolute Gasteiger partial charge is 0.459 e. The number of rotatable bonds is 2. The maximum absolute atomic E-state index is 12.1. The zero-order valence-electron chi connectivity index (χ0n) is 11.4. The fraction of sp³-hybridized carbons (Fsp3) is 0.533. The van der Waals surface area contributed by atoms with E-state index in [1.165, 1.54) is 6.42 Å². The molecule has 2 atom stereocenters. The van der Waals surface area contributed by atoms with Crippen LogP contribution in [-0.2, 0) is 4.74 Å². The summed E-state index contributed by atoms with van der Waals surface area (Å²) < 4.78 is 6.47. The minimum atomic E-state index is -0.309. The Hall–Kier alpha value is -1.03. The fourth-order valence-corrected chi connectivity index (χ4v) is 3.28. The topological polar surface area (TPSA) is 52.3 Å². The lowest BCUT2D eigenvalue weighted by molar-refractivity contribution is 0.00817. The van der Waals surface area contributed by atoms with E-state index >= 15 is 0 Å². The Bertz CT molecular complexity index is 465. The van der Waals surface area contributed by atoms with Crippen LogP contribution in [0.3, 0.4) is 0 Å². The van der Waals surface area contributed by atoms with Crippen molar-refractivity contribution in [1.29, 1.82) is 0 Å². The predicted octanol–water partition coefficient (Wildman–Crippen LogP) is 4.01. The Balaban J connectivity index is 2.04. The maximum atomic E-state index is 12.1. The summed E-state index contributed by atoms with van der Waals surface area (Å²) in [4.78, 5) is 12.1. The van der Waals surface area contributed by atoms with Crippen LogP contribution in [0.25, 0.3) is 0 Å². The van der Waals surface area contributed by atoms with Gasteiger partial charge in [0.15, 0.2) is 0 Å². The van der Waals surface area contributed by atoms with Gasteiger partial charge in [0.05, 0.1) is 5.56 Å². The van der Waals surface area contributed by atoms with Gasteiger partial charge in [-0.15, -0.1) is 0 Å². The fourth-order valence-electron chi connectivity index (χ4n) is 2.90. The van der Waals surface area contributed by atoms with Gasteiger partial charge in [0.2, 0.25) is 0 Å². The number of benzene rings is 1. The molecule has 2 rings (SSSR count). The van der Waals surface area contributed by atoms with Crippen molar-refractivity contribution in [2.24, 2.45) is 11.8 Å². The molecule has 0 amide bonds. The first-order chi connectivity index (χ1) is 8.95. The summed E-state index contributed by atoms with van der Waals surface area (Å²) in [5.74, 6) is 0.920. The average Bonchev–Trinajstić information content (AvgIpc) is 2.26. The van der Waals surface area contributed by atoms with Crippen LogP contribution >= 0.6 is 15.9 Å². The quantitative estimate of drug-likeness (QED) is 0.660. The second-order valence-electron chi connectivity index (χ2n) is 5.68. The van der Waals surface area contributed by atoms with E-state index in [0.717, 1.165) is 17.3 Å². The van der Waals surface area contributed by atoms with Gasteiger partial charge in [-0.25, -0.2) is 4.79 Å². The molecular formula is C15H20BrNO2. The highest BCUT2D eigenvalue weighted by molar-refractivity contribution is 9.10. The zero-order valence-corrected chi connectivity index (χ0v) is 12.9. The number of hydrogen-bond donors (Lipinski definition) is 1. The number of ether oxygens (including phenoxy) is 1. The third kappa shape index (κ3) is 3.72. The molecule has 1 aromatic carbocycles. The Morgan fingerprint density at radius 2 is 1.89 bits per heavy atom. The second kappa shape index (κ2) is 5.95. The molecule has 0 saturated heterocycles. The van der Waals surface area contributed by atoms with Crippen LogP contribution < -0.4 is 5.73 Å². The van der Waals surface area contributed by atoms with Crippen LogP contribution in [0.4, 0.5) is 5.69 Å². The van der Waals surface area contributed by atoms with Crippen LogP contribution in [0, 0.1) is 11.8 Å². The van der Waals surface area contributed by atoms with Gasteiger partial charge in [0, 0.05) is 10.2 Å². The van der Waals surface area contributed by atoms with E-state index in [2.05, 4.69) is 29.8 Å². The molecule has 2 unspecified atom stereocenters. The average molecular weight is 326 g/mol. The van der Waals surface area contributed by atoms with Crippen molar-refractivity contribution in [2.45, 2.75) is 39.2 Å². The van der Waals surface area contributed by atoms with Crippen LogP contribution in [0.2, 0.25) is 0 Å². The lowest BCUT2D eigenvalue weighted by Gasteiger charge is -2.31. The third-order valence-electron chi connectivity index (χ3n) is 3.64. The molecule has 0 aromatic heterocycles. The Kier molecular flexibility index (Phi) is 4.50. The number of carbonyl (C=O) groups excluding carboxylic acids is 1. The predicted molar refractivity (Wildman–Crippen MR) is 79.9 cm³/mol. The molecule has 0 bridgehead atoms. The Morgan fingerprint density at radius 3 is 2.47 bits per heavy atom. The number of esters is 1. The van der Waals surface area contributed by atoms with E-state index in [9.17, 15) is 4.79 Å². The van der Waals surface area contributed by atoms with Gasteiger partial charge in [0.25, 0.3) is 0 Å². The number of nitrogen functional groups attached to an aromatic ring is 1. The normalized spacial score (nSPS) is 27.0. The number of carbonyl (C=O) groups is 1. The van der Waals surface area contributed by atoms with Crippen LogP contribution in [0.5, 0.6) is 0 Å². The maximum Gasteiger partial charge on any atom is 0.340 e. The highest BCUT2D eigenvalue weighted by Gasteiger charge is 2.27. The number of anilines is 1. The van der Waals surface area contributed by atoms with Crippen LogP contribution in [0.15, 0.2) is 22.7 Å². The summed E-state index contributed by atoms with van der Waals surface area (Å²) in [6, 6.07) is 5.24. The van der Waals surface area contributed by atoms with Gasteiger partial charge in [-0.3, -0.25) is 0 Å². The molecular weight excluding hydrogens is 306 g/mol. The number of hydrogen-bond acceptors (Lipinski definition) is 3. The molecule has 1 saturated carbocycles. The van der Waals surface area contributed by atoms with E-state index in [-0.39, 0.29) is 12.1 Å². The Morgan fingerprint density at radius 1 is 1.26 bits per heavy atom. The highest BCUT2D eigenvalue weighted by Crippen LogP contribution is 2.31. The summed E-state index contributed by atoms with van der Waals surface area (Å²) in [6.45, 7) is 4.43. The van der Waals surface area contributed by atoms with Gasteiger partial charge in [0.1, 0.15) is 6.10 Å². The summed E-state index contributed by atoms with van der Waals surface area (Å²) in [7, 11) is 0. The first-order valence-corrected chi connectivity index (χ1v) is 7.51. The first kappa shape index (κ1) is 14.4. The highest BCUT2D eigenvalue weighted by atomic mass is 79.9. The van der Waals surface area contributed by atoms with E-state index in [1.54, 1.807) is 18.2 Å². The van der Waals surface area contributed by atoms with Crippen molar-refractivity contribution in [3.05, 3.63) is 28.2 Å². The Labute approximate surface area is 122 Å². The van der Waals surface area contributed by atoms with Gasteiger partial charge >= 0.3 is 5.97 Å². The van der Waals surface area contributed by atoms with Crippen molar-refractivity contribution < 1.29 is 9.53 Å². The first-order valence-electron chi connectivity index (χ1n) is 6.71. The molecule has 1 aliphatic carbocycles. The lowest BCUT2D eigenvalue weighted by Crippen LogP contribution is -2.28. The van der Waals surface area contributed by atoms with Gasteiger partial charge in [-0.1, -0.05) is 29.8 Å². The number of halogens is 1. The van der Waals surface area contributed by atoms with E-state index in [1.807, 2.05) is 0 Å². The van der Waals surface area contributed by atoms with Crippen molar-refractivity contribution >= 4 is 27.6 Å². The van der Waals surface area contributed by atoms with Gasteiger partial charge in [-0.2, -0.15) is 0 Å². The number of nitrogens with two attached hydrogens (primary N) is 1. The molecule has 3 nitrogen and oxygen atoms in total. The van der Waals surface area contributed by atoms with Crippen molar-refractivity contribution in [1.82, 2.24) is 0 Å². The molecule has 1 fully saturated rings. The molecule has 19 heavy (non-hydrogen) atoms. The molecule has 4 heteroatoms. The van der Waals surface area contributed by atoms with Crippen molar-refractivity contribution in [3.8, 4) is 0 Å². The summed E-state index contributed by atoms with van der Waals surface area (Å²) in [5, 5.41) is 0. The minimum Gasteiger partial charge on any atom is -0.459 e. The summed E-state index contributed by atoms with van der Waals surface area (Å²) >= 11 is 3.33. The minimum absolute atomic E-state index is 0.0225. The van der Waals surface area contributed by atoms with E-state index in [4.69, 9.17) is 10.5 Å². The lowest BCUT2D eigenvalue weighted by atomic mass is 9.82. The molecule has 0 spiro atoms. The zero-order chi connectivity index (χ0) is 14.0. The van der Waals surface area contributed by atoms with E-state index < -0.39 is 0 Å². The molecule has 0 radical (unpaired) electrons. The smallest absolute Gasteiger partial charge is 0.340 e. The molecule has 2 N–H and O–H groups in total. The molecule has 0 aliphatic heterocycles. The van der Waals surface area contributed by atoms with Crippen molar-refractivity contribution in [3.63, 3.8) is 0 Å². The molecule has 1 aromatic rings. The summed E-state index contributed by atoms with van der Waals surface area (Å²) in [5.41, 5.74) is 6.76. The molecule has 0 heterocycles. The van der Waals surface area contributed by atoms with E-state index in [0.29, 0.717) is 23.1 Å².